The van der Waals surface area contributed by atoms with Crippen LogP contribution in [0.15, 0.2) is 24.4 Å². The number of carbonyl (C=O) groups is 3. The number of hydrogen-bond donors (Lipinski definition) is 3. The number of esters is 1. The molecule has 0 aliphatic carbocycles. The van der Waals surface area contributed by atoms with Crippen LogP contribution in [-0.4, -0.2) is 54.0 Å². The lowest BCUT2D eigenvalue weighted by molar-refractivity contribution is -0.175. The van der Waals surface area contributed by atoms with Gasteiger partial charge in [0.1, 0.15) is 6.61 Å². The average molecular weight is 319 g/mol. The zero-order chi connectivity index (χ0) is 16.5. The molecule has 2 saturated heterocycles. The first-order chi connectivity index (χ1) is 11.0. The number of carboxylic acid groups (broad SMARTS) is 1. The van der Waals surface area contributed by atoms with E-state index in [-0.39, 0.29) is 32.8 Å². The molecule has 0 atom stereocenters. The molecule has 3 rings (SSSR count). The van der Waals surface area contributed by atoms with Crippen molar-refractivity contribution in [2.45, 2.75) is 6.61 Å². The van der Waals surface area contributed by atoms with Crippen LogP contribution in [0.1, 0.15) is 5.69 Å². The average Bonchev–Trinajstić information content (AvgIpc) is 2.53. The minimum absolute atomic E-state index is 0.00341. The van der Waals surface area contributed by atoms with Crippen LogP contribution in [-0.2, 0) is 25.7 Å². The van der Waals surface area contributed by atoms with Crippen molar-refractivity contribution in [2.75, 3.05) is 26.2 Å². The van der Waals surface area contributed by atoms with Crippen molar-refractivity contribution in [1.29, 1.82) is 0 Å². The predicted octanol–water partition coefficient (Wildman–Crippen LogP) is -1.04. The van der Waals surface area contributed by atoms with Gasteiger partial charge in [-0.2, -0.15) is 0 Å². The van der Waals surface area contributed by atoms with Crippen molar-refractivity contribution in [3.05, 3.63) is 30.1 Å². The molecule has 3 heterocycles. The molecule has 0 aromatic carbocycles. The number of Topliss-reactive ketones (excluding diaryl/α,β-unsaturated/α-hetero) is 1. The van der Waals surface area contributed by atoms with Crippen molar-refractivity contribution in [3.63, 3.8) is 0 Å². The zero-order valence-electron chi connectivity index (χ0n) is 12.4. The van der Waals surface area contributed by atoms with Crippen molar-refractivity contribution >= 4 is 17.7 Å². The van der Waals surface area contributed by atoms with E-state index < -0.39 is 28.6 Å². The van der Waals surface area contributed by atoms with E-state index in [0.29, 0.717) is 5.69 Å². The molecule has 1 aromatic heterocycles. The zero-order valence-corrected chi connectivity index (χ0v) is 12.4. The van der Waals surface area contributed by atoms with Gasteiger partial charge in [0.2, 0.25) is 0 Å². The number of carbonyl (C=O) groups excluding carboxylic acids is 2. The second-order valence-corrected chi connectivity index (χ2v) is 5.90. The number of fused-ring (bicyclic) bond motifs is 2. The maximum Gasteiger partial charge on any atom is 0.322 e. The van der Waals surface area contributed by atoms with E-state index in [4.69, 9.17) is 4.74 Å². The maximum absolute atomic E-state index is 12.8. The van der Waals surface area contributed by atoms with E-state index in [1.807, 2.05) is 0 Å². The molecule has 0 radical (unpaired) electrons. The Morgan fingerprint density at radius 2 is 1.83 bits per heavy atom. The standard InChI is InChI=1S/C15H17N3O5/c19-11-14(12(20)21)6-16-8-15(11,9-17-7-14)13(22)23-5-10-3-1-2-4-18-10/h1-4,16-17H,5-9H2,(H,20,21). The van der Waals surface area contributed by atoms with Crippen LogP contribution in [0.25, 0.3) is 0 Å². The molecular formula is C15H17N3O5. The van der Waals surface area contributed by atoms with Gasteiger partial charge in [-0.15, -0.1) is 0 Å². The highest BCUT2D eigenvalue weighted by atomic mass is 16.5. The van der Waals surface area contributed by atoms with Gasteiger partial charge in [0.05, 0.1) is 5.69 Å². The summed E-state index contributed by atoms with van der Waals surface area (Å²) in [5.41, 5.74) is -2.58. The number of rotatable bonds is 4. The molecule has 2 bridgehead atoms. The summed E-state index contributed by atoms with van der Waals surface area (Å²) in [6, 6.07) is 5.21. The van der Waals surface area contributed by atoms with Crippen LogP contribution in [0.3, 0.4) is 0 Å². The van der Waals surface area contributed by atoms with Gasteiger partial charge >= 0.3 is 11.9 Å². The molecule has 8 nitrogen and oxygen atoms in total. The molecule has 2 fully saturated rings. The van der Waals surface area contributed by atoms with E-state index in [2.05, 4.69) is 15.6 Å². The number of ether oxygens (including phenoxy) is 1. The Hall–Kier alpha value is -2.32. The molecule has 2 aliphatic rings. The predicted molar refractivity (Wildman–Crippen MR) is 77.3 cm³/mol. The van der Waals surface area contributed by atoms with Crippen LogP contribution in [0.4, 0.5) is 0 Å². The van der Waals surface area contributed by atoms with E-state index in [0.717, 1.165) is 0 Å². The minimum Gasteiger partial charge on any atom is -0.480 e. The lowest BCUT2D eigenvalue weighted by Crippen LogP contribution is -2.73. The number of aromatic nitrogens is 1. The van der Waals surface area contributed by atoms with E-state index in [9.17, 15) is 19.5 Å². The number of aliphatic carboxylic acids is 1. The smallest absolute Gasteiger partial charge is 0.322 e. The van der Waals surface area contributed by atoms with Crippen LogP contribution >= 0.6 is 0 Å². The Bertz CT molecular complexity index is 636. The fourth-order valence-corrected chi connectivity index (χ4v) is 3.13. The first-order valence-corrected chi connectivity index (χ1v) is 7.28. The second kappa shape index (κ2) is 5.71. The Morgan fingerprint density at radius 1 is 1.17 bits per heavy atom. The SMILES string of the molecule is O=C(O)C12CNCC(C(=O)OCc3ccccn3)(CNC1)C2=O. The molecular weight excluding hydrogens is 302 g/mol. The fourth-order valence-electron chi connectivity index (χ4n) is 3.13. The summed E-state index contributed by atoms with van der Waals surface area (Å²) in [5.74, 6) is -2.54. The van der Waals surface area contributed by atoms with Gasteiger partial charge in [-0.1, -0.05) is 6.07 Å². The fraction of sp³-hybridized carbons (Fsp3) is 0.467. The summed E-state index contributed by atoms with van der Waals surface area (Å²) < 4.78 is 5.24. The molecule has 2 aliphatic heterocycles. The Morgan fingerprint density at radius 3 is 2.39 bits per heavy atom. The van der Waals surface area contributed by atoms with Crippen molar-refractivity contribution < 1.29 is 24.2 Å². The van der Waals surface area contributed by atoms with Crippen LogP contribution in [0.5, 0.6) is 0 Å². The van der Waals surface area contributed by atoms with Gasteiger partial charge in [-0.3, -0.25) is 19.4 Å². The van der Waals surface area contributed by atoms with Gasteiger partial charge in [0.25, 0.3) is 0 Å². The molecule has 122 valence electrons. The monoisotopic (exact) mass is 319 g/mol. The molecule has 8 heteroatoms. The lowest BCUT2D eigenvalue weighted by atomic mass is 9.63. The molecule has 23 heavy (non-hydrogen) atoms. The van der Waals surface area contributed by atoms with E-state index >= 15 is 0 Å². The number of piperidine rings is 2. The van der Waals surface area contributed by atoms with Gasteiger partial charge in [0, 0.05) is 32.4 Å². The van der Waals surface area contributed by atoms with Gasteiger partial charge in [-0.05, 0) is 12.1 Å². The molecule has 0 amide bonds. The number of nitrogens with zero attached hydrogens (tertiary/aromatic N) is 1. The molecule has 0 unspecified atom stereocenters. The molecule has 0 saturated carbocycles. The Kier molecular flexibility index (Phi) is 3.87. The number of carboxylic acids is 1. The van der Waals surface area contributed by atoms with Crippen molar-refractivity contribution in [3.8, 4) is 0 Å². The first-order valence-electron chi connectivity index (χ1n) is 7.28. The maximum atomic E-state index is 12.8. The summed E-state index contributed by atoms with van der Waals surface area (Å²) in [5, 5.41) is 15.3. The molecule has 1 aromatic rings. The third kappa shape index (κ3) is 2.40. The molecule has 3 N–H and O–H groups in total. The quantitative estimate of drug-likeness (QED) is 0.476. The third-order valence-corrected chi connectivity index (χ3v) is 4.45. The van der Waals surface area contributed by atoms with Crippen LogP contribution < -0.4 is 10.6 Å². The third-order valence-electron chi connectivity index (χ3n) is 4.45. The summed E-state index contributed by atoms with van der Waals surface area (Å²) in [6.45, 7) is 0.0749. The number of pyridine rings is 1. The molecule has 0 spiro atoms. The summed E-state index contributed by atoms with van der Waals surface area (Å²) in [7, 11) is 0. The number of hydrogen-bond acceptors (Lipinski definition) is 7. The minimum atomic E-state index is -1.62. The summed E-state index contributed by atoms with van der Waals surface area (Å²) in [6.07, 6.45) is 1.58. The second-order valence-electron chi connectivity index (χ2n) is 5.90. The normalized spacial score (nSPS) is 29.8. The topological polar surface area (TPSA) is 118 Å². The summed E-state index contributed by atoms with van der Waals surface area (Å²) in [4.78, 5) is 40.9. The van der Waals surface area contributed by atoms with Gasteiger partial charge in [0.15, 0.2) is 16.6 Å². The van der Waals surface area contributed by atoms with Gasteiger partial charge < -0.3 is 20.5 Å². The van der Waals surface area contributed by atoms with Crippen molar-refractivity contribution in [2.24, 2.45) is 10.8 Å². The van der Waals surface area contributed by atoms with Gasteiger partial charge in [-0.25, -0.2) is 0 Å². The number of ketones is 1. The number of nitrogens with one attached hydrogen (secondary N) is 2. The van der Waals surface area contributed by atoms with E-state index in [1.54, 1.807) is 24.4 Å². The Balaban J connectivity index is 1.81. The largest absolute Gasteiger partial charge is 0.480 e. The first kappa shape index (κ1) is 15.6. The highest BCUT2D eigenvalue weighted by molar-refractivity contribution is 6.16. The summed E-state index contributed by atoms with van der Waals surface area (Å²) >= 11 is 0. The highest BCUT2D eigenvalue weighted by Crippen LogP contribution is 2.37. The van der Waals surface area contributed by atoms with Crippen LogP contribution in [0, 0.1) is 10.8 Å². The lowest BCUT2D eigenvalue weighted by Gasteiger charge is -2.47. The van der Waals surface area contributed by atoms with E-state index in [1.165, 1.54) is 0 Å². The highest BCUT2D eigenvalue weighted by Gasteiger charge is 2.64. The van der Waals surface area contributed by atoms with Crippen molar-refractivity contribution in [1.82, 2.24) is 15.6 Å². The Labute approximate surface area is 132 Å². The van der Waals surface area contributed by atoms with Crippen LogP contribution in [0.2, 0.25) is 0 Å².